The van der Waals surface area contributed by atoms with Gasteiger partial charge in [0.15, 0.2) is 0 Å². The largest absolute Gasteiger partial charge is 0.416 e. The van der Waals surface area contributed by atoms with Crippen molar-refractivity contribution in [1.82, 2.24) is 14.7 Å². The van der Waals surface area contributed by atoms with Crippen LogP contribution in [0.25, 0.3) is 0 Å². The molecular weight excluding hydrogens is 419 g/mol. The quantitative estimate of drug-likeness (QED) is 0.646. The predicted molar refractivity (Wildman–Crippen MR) is 117 cm³/mol. The number of benzene rings is 1. The molecule has 0 radical (unpaired) electrons. The zero-order valence-corrected chi connectivity index (χ0v) is 19.0. The molecule has 0 bridgehead atoms. The first-order chi connectivity index (χ1) is 15.2. The lowest BCUT2D eigenvalue weighted by Gasteiger charge is -2.35. The minimum absolute atomic E-state index is 0.114. The van der Waals surface area contributed by atoms with Gasteiger partial charge in [-0.25, -0.2) is 0 Å². The van der Waals surface area contributed by atoms with E-state index in [4.69, 9.17) is 0 Å². The molecule has 1 saturated heterocycles. The van der Waals surface area contributed by atoms with Gasteiger partial charge >= 0.3 is 6.18 Å². The van der Waals surface area contributed by atoms with Gasteiger partial charge in [-0.3, -0.25) is 9.59 Å². The Morgan fingerprint density at radius 1 is 0.938 bits per heavy atom. The monoisotopic (exact) mass is 453 g/mol. The highest BCUT2D eigenvalue weighted by atomic mass is 19.4. The van der Waals surface area contributed by atoms with E-state index in [0.29, 0.717) is 38.5 Å². The van der Waals surface area contributed by atoms with E-state index in [9.17, 15) is 22.8 Å². The van der Waals surface area contributed by atoms with Crippen molar-refractivity contribution in [2.75, 3.05) is 40.3 Å². The number of likely N-dealkylation sites (tertiary alicyclic amines) is 1. The third kappa shape index (κ3) is 6.24. The van der Waals surface area contributed by atoms with Crippen molar-refractivity contribution in [1.29, 1.82) is 0 Å². The van der Waals surface area contributed by atoms with Crippen LogP contribution in [0, 0.1) is 5.92 Å². The molecule has 3 rings (SSSR count). The van der Waals surface area contributed by atoms with Crippen molar-refractivity contribution < 1.29 is 22.8 Å². The zero-order chi connectivity index (χ0) is 23.3. The first-order valence-electron chi connectivity index (χ1n) is 11.6. The predicted octanol–water partition coefficient (Wildman–Crippen LogP) is 4.28. The molecule has 5 nitrogen and oxygen atoms in total. The number of rotatable bonds is 6. The normalized spacial score (nSPS) is 18.8. The summed E-state index contributed by atoms with van der Waals surface area (Å²) in [7, 11) is 3.98. The standard InChI is InChI=1S/C24H34F3N3O2/c1-28(21-6-4-3-5-7-21)16-17-29(2)22(31)19-12-14-30(15-13-19)23(32)18-8-10-20(11-9-18)24(25,26)27/h8-11,19,21H,3-7,12-17H2,1-2H3. The molecule has 0 N–H and O–H groups in total. The Morgan fingerprint density at radius 2 is 1.53 bits per heavy atom. The fraction of sp³-hybridized carbons (Fsp3) is 0.667. The van der Waals surface area contributed by atoms with E-state index in [2.05, 4.69) is 11.9 Å². The lowest BCUT2D eigenvalue weighted by atomic mass is 9.94. The molecule has 1 aliphatic carbocycles. The maximum absolute atomic E-state index is 12.9. The van der Waals surface area contributed by atoms with Gasteiger partial charge in [-0.05, 0) is 57.0 Å². The number of hydrogen-bond acceptors (Lipinski definition) is 3. The molecule has 32 heavy (non-hydrogen) atoms. The molecule has 2 fully saturated rings. The van der Waals surface area contributed by atoms with Crippen LogP contribution in [0.2, 0.25) is 0 Å². The van der Waals surface area contributed by atoms with Crippen LogP contribution in [-0.4, -0.2) is 72.8 Å². The van der Waals surface area contributed by atoms with Crippen molar-refractivity contribution in [2.45, 2.75) is 57.2 Å². The molecule has 1 saturated carbocycles. The topological polar surface area (TPSA) is 43.9 Å². The molecule has 0 unspecified atom stereocenters. The maximum atomic E-state index is 12.9. The number of halogens is 3. The van der Waals surface area contributed by atoms with Crippen LogP contribution in [0.15, 0.2) is 24.3 Å². The molecule has 8 heteroatoms. The van der Waals surface area contributed by atoms with Crippen LogP contribution in [0.1, 0.15) is 60.9 Å². The van der Waals surface area contributed by atoms with Crippen molar-refractivity contribution >= 4 is 11.8 Å². The molecule has 0 aromatic heterocycles. The first kappa shape index (κ1) is 24.6. The van der Waals surface area contributed by atoms with Crippen LogP contribution in [0.5, 0.6) is 0 Å². The van der Waals surface area contributed by atoms with Crippen LogP contribution in [0.4, 0.5) is 13.2 Å². The van der Waals surface area contributed by atoms with Gasteiger partial charge in [0.2, 0.25) is 5.91 Å². The van der Waals surface area contributed by atoms with Gasteiger partial charge in [-0.1, -0.05) is 19.3 Å². The number of hydrogen-bond donors (Lipinski definition) is 0. The Labute approximate surface area is 188 Å². The minimum Gasteiger partial charge on any atom is -0.344 e. The number of piperidine rings is 1. The smallest absolute Gasteiger partial charge is 0.344 e. The molecule has 1 aromatic carbocycles. The van der Waals surface area contributed by atoms with Crippen molar-refractivity contribution in [3.63, 3.8) is 0 Å². The highest BCUT2D eigenvalue weighted by Crippen LogP contribution is 2.29. The highest BCUT2D eigenvalue weighted by molar-refractivity contribution is 5.94. The van der Waals surface area contributed by atoms with Crippen molar-refractivity contribution in [3.8, 4) is 0 Å². The number of carbonyl (C=O) groups is 2. The number of nitrogens with zero attached hydrogens (tertiary/aromatic N) is 3. The molecule has 2 amide bonds. The molecule has 178 valence electrons. The Balaban J connectivity index is 1.44. The third-order valence-corrected chi connectivity index (χ3v) is 6.95. The lowest BCUT2D eigenvalue weighted by molar-refractivity contribution is -0.137. The summed E-state index contributed by atoms with van der Waals surface area (Å²) in [6.45, 7) is 2.42. The average Bonchev–Trinajstić information content (AvgIpc) is 2.81. The maximum Gasteiger partial charge on any atom is 0.416 e. The van der Waals surface area contributed by atoms with Gasteiger partial charge in [0.25, 0.3) is 5.91 Å². The van der Waals surface area contributed by atoms with Gasteiger partial charge < -0.3 is 14.7 Å². The highest BCUT2D eigenvalue weighted by Gasteiger charge is 2.32. The molecule has 0 spiro atoms. The third-order valence-electron chi connectivity index (χ3n) is 6.95. The molecule has 1 aliphatic heterocycles. The van der Waals surface area contributed by atoms with Crippen molar-refractivity contribution in [3.05, 3.63) is 35.4 Å². The summed E-state index contributed by atoms with van der Waals surface area (Å²) in [6.07, 6.45) is 3.10. The van der Waals surface area contributed by atoms with E-state index in [-0.39, 0.29) is 23.3 Å². The van der Waals surface area contributed by atoms with E-state index >= 15 is 0 Å². The molecule has 0 atom stereocenters. The summed E-state index contributed by atoms with van der Waals surface area (Å²) in [5.41, 5.74) is -0.527. The molecule has 1 heterocycles. The second kappa shape index (κ2) is 10.7. The van der Waals surface area contributed by atoms with Crippen LogP contribution < -0.4 is 0 Å². The number of likely N-dealkylation sites (N-methyl/N-ethyl adjacent to an activating group) is 2. The van der Waals surface area contributed by atoms with E-state index in [1.54, 1.807) is 9.80 Å². The fourth-order valence-corrected chi connectivity index (χ4v) is 4.75. The van der Waals surface area contributed by atoms with E-state index in [1.165, 1.54) is 44.2 Å². The molecule has 1 aromatic rings. The SMILES string of the molecule is CN(CCN(C)C1CCCCC1)C(=O)C1CCN(C(=O)c2ccc(C(F)(F)F)cc2)CC1. The summed E-state index contributed by atoms with van der Waals surface area (Å²) in [5, 5.41) is 0. The van der Waals surface area contributed by atoms with Crippen LogP contribution >= 0.6 is 0 Å². The molecule has 2 aliphatic rings. The summed E-state index contributed by atoms with van der Waals surface area (Å²) in [6, 6.07) is 4.93. The van der Waals surface area contributed by atoms with Gasteiger partial charge in [-0.2, -0.15) is 13.2 Å². The van der Waals surface area contributed by atoms with Gasteiger partial charge in [0, 0.05) is 50.7 Å². The zero-order valence-electron chi connectivity index (χ0n) is 19.0. The fourth-order valence-electron chi connectivity index (χ4n) is 4.75. The van der Waals surface area contributed by atoms with E-state index in [0.717, 1.165) is 18.7 Å². The Morgan fingerprint density at radius 3 is 2.09 bits per heavy atom. The number of carbonyl (C=O) groups excluding carboxylic acids is 2. The Hall–Kier alpha value is -2.09. The Kier molecular flexibility index (Phi) is 8.20. The summed E-state index contributed by atoms with van der Waals surface area (Å²) < 4.78 is 38.2. The van der Waals surface area contributed by atoms with Crippen molar-refractivity contribution in [2.24, 2.45) is 5.92 Å². The van der Waals surface area contributed by atoms with Gasteiger partial charge in [0.1, 0.15) is 0 Å². The average molecular weight is 454 g/mol. The number of alkyl halides is 3. The van der Waals surface area contributed by atoms with E-state index < -0.39 is 11.7 Å². The van der Waals surface area contributed by atoms with Gasteiger partial charge in [0.05, 0.1) is 5.56 Å². The minimum atomic E-state index is -4.42. The summed E-state index contributed by atoms with van der Waals surface area (Å²) in [4.78, 5) is 31.3. The Bertz CT molecular complexity index is 768. The number of amides is 2. The second-order valence-electron chi connectivity index (χ2n) is 9.17. The van der Waals surface area contributed by atoms with Crippen LogP contribution in [0.3, 0.4) is 0 Å². The summed E-state index contributed by atoms with van der Waals surface area (Å²) in [5.74, 6) is -0.285. The lowest BCUT2D eigenvalue weighted by Crippen LogP contribution is -2.45. The summed E-state index contributed by atoms with van der Waals surface area (Å²) >= 11 is 0. The molecular formula is C24H34F3N3O2. The van der Waals surface area contributed by atoms with Crippen LogP contribution in [-0.2, 0) is 11.0 Å². The van der Waals surface area contributed by atoms with Gasteiger partial charge in [-0.15, -0.1) is 0 Å². The second-order valence-corrected chi connectivity index (χ2v) is 9.17. The first-order valence-corrected chi connectivity index (χ1v) is 11.6. The van der Waals surface area contributed by atoms with E-state index in [1.807, 2.05) is 7.05 Å².